The summed E-state index contributed by atoms with van der Waals surface area (Å²) < 4.78 is 0. The molecule has 0 amide bonds. The first kappa shape index (κ1) is 13.3. The maximum atomic E-state index is 3.88. The number of hydrogen-bond acceptors (Lipinski definition) is 0. The Morgan fingerprint density at radius 1 is 0.875 bits per heavy atom. The van der Waals surface area contributed by atoms with Crippen molar-refractivity contribution in [1.29, 1.82) is 0 Å². The van der Waals surface area contributed by atoms with Crippen LogP contribution in [-0.2, 0) is 6.42 Å². The van der Waals surface area contributed by atoms with Crippen molar-refractivity contribution >= 4 is 0 Å². The molecule has 0 nitrogen and oxygen atoms in total. The molecule has 0 N–H and O–H groups in total. The predicted molar refractivity (Wildman–Crippen MR) is 72.8 cm³/mol. The van der Waals surface area contributed by atoms with E-state index in [0.29, 0.717) is 0 Å². The van der Waals surface area contributed by atoms with Crippen molar-refractivity contribution in [2.45, 2.75) is 59.3 Å². The molecule has 1 aromatic carbocycles. The zero-order valence-electron chi connectivity index (χ0n) is 11.1. The van der Waals surface area contributed by atoms with E-state index in [9.17, 15) is 0 Å². The second-order valence-electron chi connectivity index (χ2n) is 4.82. The highest BCUT2D eigenvalue weighted by Gasteiger charge is 2.04. The van der Waals surface area contributed by atoms with Crippen LogP contribution in [0.1, 0.15) is 54.4 Å². The lowest BCUT2D eigenvalue weighted by atomic mass is 9.94. The smallest absolute Gasteiger partial charge is 0.0274 e. The largest absolute Gasteiger partial charge is 0.0588 e. The van der Waals surface area contributed by atoms with Crippen LogP contribution in [0, 0.1) is 27.7 Å². The van der Waals surface area contributed by atoms with Gasteiger partial charge in [-0.25, -0.2) is 0 Å². The van der Waals surface area contributed by atoms with E-state index in [1.165, 1.54) is 48.8 Å². The molecule has 0 atom stereocenters. The van der Waals surface area contributed by atoms with Crippen molar-refractivity contribution in [3.8, 4) is 0 Å². The molecule has 0 aromatic heterocycles. The molecule has 1 aromatic rings. The molecule has 0 unspecified atom stereocenters. The molecule has 0 saturated heterocycles. The van der Waals surface area contributed by atoms with Gasteiger partial charge in [0.1, 0.15) is 0 Å². The Labute approximate surface area is 101 Å². The van der Waals surface area contributed by atoms with Crippen molar-refractivity contribution in [2.24, 2.45) is 0 Å². The maximum absolute atomic E-state index is 3.88. The van der Waals surface area contributed by atoms with Gasteiger partial charge < -0.3 is 0 Å². The predicted octanol–water partition coefficient (Wildman–Crippen LogP) is 4.94. The molecule has 0 heterocycles. The molecule has 1 rings (SSSR count). The van der Waals surface area contributed by atoms with Gasteiger partial charge >= 0.3 is 0 Å². The van der Waals surface area contributed by atoms with Crippen LogP contribution >= 0.6 is 0 Å². The zero-order chi connectivity index (χ0) is 12.0. The molecular formula is C16H25. The van der Waals surface area contributed by atoms with Crippen LogP contribution in [0.15, 0.2) is 12.1 Å². The van der Waals surface area contributed by atoms with E-state index in [1.807, 2.05) is 0 Å². The van der Waals surface area contributed by atoms with Crippen molar-refractivity contribution < 1.29 is 0 Å². The van der Waals surface area contributed by atoms with E-state index in [0.717, 1.165) is 6.42 Å². The van der Waals surface area contributed by atoms with E-state index in [2.05, 4.69) is 39.8 Å². The number of unbranched alkanes of at least 4 members (excludes halogenated alkanes) is 4. The quantitative estimate of drug-likeness (QED) is 0.592. The van der Waals surface area contributed by atoms with E-state index >= 15 is 0 Å². The monoisotopic (exact) mass is 217 g/mol. The highest BCUT2D eigenvalue weighted by molar-refractivity contribution is 5.39. The van der Waals surface area contributed by atoms with Gasteiger partial charge in [0.25, 0.3) is 0 Å². The van der Waals surface area contributed by atoms with Crippen LogP contribution in [-0.4, -0.2) is 0 Å². The normalized spacial score (nSPS) is 10.8. The van der Waals surface area contributed by atoms with Gasteiger partial charge in [0.05, 0.1) is 0 Å². The Kier molecular flexibility index (Phi) is 5.59. The summed E-state index contributed by atoms with van der Waals surface area (Å²) in [5.74, 6) is 0. The fourth-order valence-corrected chi connectivity index (χ4v) is 2.23. The van der Waals surface area contributed by atoms with Crippen molar-refractivity contribution in [3.63, 3.8) is 0 Å². The SMILES string of the molecule is [CH2]CCCCCCc1c(C)ccc(C)c1C. The first-order valence-corrected chi connectivity index (χ1v) is 6.51. The molecule has 89 valence electrons. The second-order valence-corrected chi connectivity index (χ2v) is 4.82. The molecule has 0 saturated carbocycles. The Balaban J connectivity index is 2.50. The minimum absolute atomic E-state index is 1.09. The molecular weight excluding hydrogens is 192 g/mol. The van der Waals surface area contributed by atoms with Crippen LogP contribution in [0.2, 0.25) is 0 Å². The highest BCUT2D eigenvalue weighted by atomic mass is 14.1. The van der Waals surface area contributed by atoms with Gasteiger partial charge in [-0.05, 0) is 55.9 Å². The third kappa shape index (κ3) is 3.66. The van der Waals surface area contributed by atoms with E-state index < -0.39 is 0 Å². The molecule has 16 heavy (non-hydrogen) atoms. The summed E-state index contributed by atoms with van der Waals surface area (Å²) in [6.07, 6.45) is 7.63. The summed E-state index contributed by atoms with van der Waals surface area (Å²) in [6.45, 7) is 10.6. The highest BCUT2D eigenvalue weighted by Crippen LogP contribution is 2.20. The van der Waals surface area contributed by atoms with Gasteiger partial charge in [0.15, 0.2) is 0 Å². The van der Waals surface area contributed by atoms with Gasteiger partial charge in [-0.15, -0.1) is 0 Å². The van der Waals surface area contributed by atoms with Gasteiger partial charge in [0, 0.05) is 0 Å². The lowest BCUT2D eigenvalue weighted by Gasteiger charge is -2.12. The van der Waals surface area contributed by atoms with Crippen LogP contribution in [0.4, 0.5) is 0 Å². The third-order valence-corrected chi connectivity index (χ3v) is 3.53. The van der Waals surface area contributed by atoms with Crippen LogP contribution in [0.3, 0.4) is 0 Å². The molecule has 0 bridgehead atoms. The molecule has 1 radical (unpaired) electrons. The standard InChI is InChI=1S/C16H25/c1-5-6-7-8-9-10-16-14(3)12-11-13(2)15(16)4/h11-12H,1,5-10H2,2-4H3. The van der Waals surface area contributed by atoms with Crippen LogP contribution in [0.5, 0.6) is 0 Å². The van der Waals surface area contributed by atoms with Crippen LogP contribution < -0.4 is 0 Å². The van der Waals surface area contributed by atoms with Gasteiger partial charge in [-0.3, -0.25) is 0 Å². The fourth-order valence-electron chi connectivity index (χ4n) is 2.23. The summed E-state index contributed by atoms with van der Waals surface area (Å²) in [5, 5.41) is 0. The summed E-state index contributed by atoms with van der Waals surface area (Å²) in [4.78, 5) is 0. The van der Waals surface area contributed by atoms with Gasteiger partial charge in [0.2, 0.25) is 0 Å². The first-order chi connectivity index (χ1) is 7.66. The van der Waals surface area contributed by atoms with E-state index in [4.69, 9.17) is 0 Å². The van der Waals surface area contributed by atoms with Crippen molar-refractivity contribution in [1.82, 2.24) is 0 Å². The van der Waals surface area contributed by atoms with Crippen LogP contribution in [0.25, 0.3) is 0 Å². The molecule has 0 aliphatic carbocycles. The summed E-state index contributed by atoms with van der Waals surface area (Å²) in [5.41, 5.74) is 5.96. The molecule has 0 aliphatic heterocycles. The molecule has 0 fully saturated rings. The molecule has 0 aliphatic rings. The van der Waals surface area contributed by atoms with Gasteiger partial charge in [-0.2, -0.15) is 0 Å². The number of aryl methyl sites for hydroxylation is 2. The topological polar surface area (TPSA) is 0 Å². The first-order valence-electron chi connectivity index (χ1n) is 6.51. The fraction of sp³-hybridized carbons (Fsp3) is 0.562. The number of rotatable bonds is 6. The Hall–Kier alpha value is -0.780. The zero-order valence-corrected chi connectivity index (χ0v) is 11.1. The Morgan fingerprint density at radius 3 is 2.19 bits per heavy atom. The summed E-state index contributed by atoms with van der Waals surface area (Å²) in [7, 11) is 0. The van der Waals surface area contributed by atoms with Crippen molar-refractivity contribution in [2.75, 3.05) is 0 Å². The second kappa shape index (κ2) is 6.73. The minimum Gasteiger partial charge on any atom is -0.0588 e. The molecule has 0 spiro atoms. The number of benzene rings is 1. The Bertz CT molecular complexity index is 323. The summed E-state index contributed by atoms with van der Waals surface area (Å²) >= 11 is 0. The lowest BCUT2D eigenvalue weighted by Crippen LogP contribution is -1.96. The van der Waals surface area contributed by atoms with Crippen molar-refractivity contribution in [3.05, 3.63) is 41.3 Å². The van der Waals surface area contributed by atoms with E-state index in [1.54, 1.807) is 5.56 Å². The minimum atomic E-state index is 1.09. The average molecular weight is 217 g/mol. The third-order valence-electron chi connectivity index (χ3n) is 3.53. The Morgan fingerprint density at radius 2 is 1.50 bits per heavy atom. The summed E-state index contributed by atoms with van der Waals surface area (Å²) in [6, 6.07) is 4.49. The number of hydrogen-bond donors (Lipinski definition) is 0. The average Bonchev–Trinajstić information content (AvgIpc) is 2.28. The molecule has 0 heteroatoms. The van der Waals surface area contributed by atoms with E-state index in [-0.39, 0.29) is 0 Å². The maximum Gasteiger partial charge on any atom is -0.0274 e. The lowest BCUT2D eigenvalue weighted by molar-refractivity contribution is 0.643. The van der Waals surface area contributed by atoms with Gasteiger partial charge in [-0.1, -0.05) is 44.7 Å².